The van der Waals surface area contributed by atoms with Crippen molar-refractivity contribution in [2.24, 2.45) is 11.7 Å². The van der Waals surface area contributed by atoms with Crippen LogP contribution in [0.25, 0.3) is 5.57 Å². The van der Waals surface area contributed by atoms with E-state index >= 15 is 0 Å². The number of hydrogen-bond donors (Lipinski definition) is 2. The van der Waals surface area contributed by atoms with Crippen molar-refractivity contribution in [3.8, 4) is 12.3 Å². The monoisotopic (exact) mass is 298 g/mol. The summed E-state index contributed by atoms with van der Waals surface area (Å²) in [5, 5.41) is 3.02. The molecular weight excluding hydrogens is 276 g/mol. The summed E-state index contributed by atoms with van der Waals surface area (Å²) in [7, 11) is 0. The Kier molecular flexibility index (Phi) is 5.16. The fraction of sp³-hybridized carbons (Fsp3) is 0.471. The average molecular weight is 298 g/mol. The van der Waals surface area contributed by atoms with Gasteiger partial charge >= 0.3 is 0 Å². The van der Waals surface area contributed by atoms with Crippen molar-refractivity contribution in [1.82, 2.24) is 15.3 Å². The molecule has 0 atom stereocenters. The summed E-state index contributed by atoms with van der Waals surface area (Å²) in [6.07, 6.45) is 10.4. The summed E-state index contributed by atoms with van der Waals surface area (Å²) < 4.78 is 0. The maximum Gasteiger partial charge on any atom is 0.256 e. The first-order valence-corrected chi connectivity index (χ1v) is 7.55. The molecule has 1 heterocycles. The second kappa shape index (κ2) is 7.08. The molecule has 1 aliphatic rings. The maximum absolute atomic E-state index is 12.4. The Morgan fingerprint density at radius 2 is 1.91 bits per heavy atom. The van der Waals surface area contributed by atoms with E-state index in [0.717, 1.165) is 37.1 Å². The summed E-state index contributed by atoms with van der Waals surface area (Å²) in [5.41, 5.74) is 7.56. The van der Waals surface area contributed by atoms with Crippen molar-refractivity contribution in [2.45, 2.75) is 45.6 Å². The zero-order valence-corrected chi connectivity index (χ0v) is 13.1. The van der Waals surface area contributed by atoms with Gasteiger partial charge in [-0.05, 0) is 45.6 Å². The Balaban J connectivity index is 2.06. The highest BCUT2D eigenvalue weighted by molar-refractivity contribution is 6.18. The lowest BCUT2D eigenvalue weighted by Gasteiger charge is -2.26. The number of nitrogens with one attached hydrogen (secondary N) is 1. The van der Waals surface area contributed by atoms with Crippen molar-refractivity contribution in [1.29, 1.82) is 0 Å². The minimum Gasteiger partial charge on any atom is -0.404 e. The SMILES string of the molecule is C#CC1CCC(NC(=O)C(=CN)c2nc(C)cc(C)n2)CC1. The molecule has 1 amide bonds. The molecular formula is C17H22N4O. The number of hydrogen-bond acceptors (Lipinski definition) is 4. The first-order chi connectivity index (χ1) is 10.5. The van der Waals surface area contributed by atoms with E-state index in [-0.39, 0.29) is 11.9 Å². The fourth-order valence-electron chi connectivity index (χ4n) is 2.77. The highest BCUT2D eigenvalue weighted by Gasteiger charge is 2.23. The van der Waals surface area contributed by atoms with Crippen LogP contribution in [0.1, 0.15) is 42.9 Å². The van der Waals surface area contributed by atoms with Gasteiger partial charge in [0.15, 0.2) is 5.82 Å². The lowest BCUT2D eigenvalue weighted by atomic mass is 9.86. The van der Waals surface area contributed by atoms with E-state index in [0.29, 0.717) is 17.3 Å². The fourth-order valence-corrected chi connectivity index (χ4v) is 2.77. The number of carbonyl (C=O) groups excluding carboxylic acids is 1. The third kappa shape index (κ3) is 3.85. The first kappa shape index (κ1) is 16.0. The van der Waals surface area contributed by atoms with Gasteiger partial charge in [-0.3, -0.25) is 4.79 Å². The van der Waals surface area contributed by atoms with Crippen molar-refractivity contribution in [2.75, 3.05) is 0 Å². The zero-order valence-electron chi connectivity index (χ0n) is 13.1. The molecule has 1 fully saturated rings. The molecule has 0 aromatic carbocycles. The predicted octanol–water partition coefficient (Wildman–Crippen LogP) is 1.70. The van der Waals surface area contributed by atoms with Crippen LogP contribution >= 0.6 is 0 Å². The summed E-state index contributed by atoms with van der Waals surface area (Å²) in [6, 6.07) is 1.99. The normalized spacial score (nSPS) is 22.0. The van der Waals surface area contributed by atoms with E-state index in [9.17, 15) is 4.79 Å². The van der Waals surface area contributed by atoms with Gasteiger partial charge in [0.1, 0.15) is 0 Å². The van der Waals surface area contributed by atoms with Crippen LogP contribution in [-0.2, 0) is 4.79 Å². The van der Waals surface area contributed by atoms with Gasteiger partial charge in [-0.2, -0.15) is 0 Å². The van der Waals surface area contributed by atoms with E-state index in [1.54, 1.807) is 0 Å². The van der Waals surface area contributed by atoms with E-state index in [1.807, 2.05) is 19.9 Å². The molecule has 0 radical (unpaired) electrons. The molecule has 5 heteroatoms. The molecule has 2 rings (SSSR count). The second-order valence-electron chi connectivity index (χ2n) is 5.74. The van der Waals surface area contributed by atoms with E-state index in [1.165, 1.54) is 6.20 Å². The molecule has 1 aliphatic carbocycles. The van der Waals surface area contributed by atoms with Gasteiger partial charge in [0.2, 0.25) is 0 Å². The third-order valence-corrected chi connectivity index (χ3v) is 3.93. The van der Waals surface area contributed by atoms with Crippen molar-refractivity contribution in [3.05, 3.63) is 29.5 Å². The van der Waals surface area contributed by atoms with Gasteiger partial charge in [-0.25, -0.2) is 9.97 Å². The Morgan fingerprint density at radius 3 is 2.41 bits per heavy atom. The number of amides is 1. The first-order valence-electron chi connectivity index (χ1n) is 7.55. The molecule has 3 N–H and O–H groups in total. The molecule has 1 aromatic heterocycles. The quantitative estimate of drug-likeness (QED) is 0.657. The summed E-state index contributed by atoms with van der Waals surface area (Å²) in [6.45, 7) is 3.73. The Bertz CT molecular complexity index is 602. The molecule has 1 saturated carbocycles. The number of nitrogens with zero attached hydrogens (tertiary/aromatic N) is 2. The minimum absolute atomic E-state index is 0.137. The second-order valence-corrected chi connectivity index (χ2v) is 5.74. The van der Waals surface area contributed by atoms with E-state index in [4.69, 9.17) is 12.2 Å². The van der Waals surface area contributed by atoms with Crippen LogP contribution < -0.4 is 11.1 Å². The van der Waals surface area contributed by atoms with Crippen LogP contribution in [-0.4, -0.2) is 21.9 Å². The van der Waals surface area contributed by atoms with Crippen LogP contribution in [0.15, 0.2) is 12.3 Å². The van der Waals surface area contributed by atoms with Crippen LogP contribution in [0, 0.1) is 32.1 Å². The van der Waals surface area contributed by atoms with Crippen molar-refractivity contribution >= 4 is 11.5 Å². The predicted molar refractivity (Wildman–Crippen MR) is 86.4 cm³/mol. The lowest BCUT2D eigenvalue weighted by Crippen LogP contribution is -2.38. The topological polar surface area (TPSA) is 80.9 Å². The number of terminal acetylenes is 1. The summed E-state index contributed by atoms with van der Waals surface area (Å²) >= 11 is 0. The number of rotatable bonds is 3. The number of carbonyl (C=O) groups is 1. The zero-order chi connectivity index (χ0) is 16.1. The van der Waals surface area contributed by atoms with Crippen LogP contribution in [0.2, 0.25) is 0 Å². The van der Waals surface area contributed by atoms with Gasteiger partial charge in [-0.15, -0.1) is 12.3 Å². The number of aromatic nitrogens is 2. The highest BCUT2D eigenvalue weighted by atomic mass is 16.1. The van der Waals surface area contributed by atoms with Gasteiger partial charge in [-0.1, -0.05) is 0 Å². The van der Waals surface area contributed by atoms with Gasteiger partial charge in [0.05, 0.1) is 5.57 Å². The molecule has 0 saturated heterocycles. The highest BCUT2D eigenvalue weighted by Crippen LogP contribution is 2.24. The smallest absolute Gasteiger partial charge is 0.256 e. The number of aryl methyl sites for hydroxylation is 2. The van der Waals surface area contributed by atoms with E-state index in [2.05, 4.69) is 21.2 Å². The standard InChI is InChI=1S/C17H22N4O/c1-4-13-5-7-14(8-6-13)21-17(22)15(10-18)16-19-11(2)9-12(3)20-16/h1,9-10,13-14H,5-8,18H2,2-3H3,(H,21,22). The van der Waals surface area contributed by atoms with Crippen molar-refractivity contribution < 1.29 is 4.79 Å². The summed E-state index contributed by atoms with van der Waals surface area (Å²) in [4.78, 5) is 21.0. The Labute approximate surface area is 131 Å². The molecule has 0 unspecified atom stereocenters. The minimum atomic E-state index is -0.225. The molecule has 1 aromatic rings. The molecule has 116 valence electrons. The molecule has 5 nitrogen and oxygen atoms in total. The van der Waals surface area contributed by atoms with Crippen LogP contribution in [0.4, 0.5) is 0 Å². The molecule has 22 heavy (non-hydrogen) atoms. The van der Waals surface area contributed by atoms with Gasteiger partial charge in [0, 0.05) is 29.5 Å². The maximum atomic E-state index is 12.4. The van der Waals surface area contributed by atoms with Gasteiger partial charge < -0.3 is 11.1 Å². The average Bonchev–Trinajstić information content (AvgIpc) is 2.47. The number of nitrogens with two attached hydrogens (primary N) is 1. The van der Waals surface area contributed by atoms with Crippen molar-refractivity contribution in [3.63, 3.8) is 0 Å². The summed E-state index contributed by atoms with van der Waals surface area (Å²) in [5.74, 6) is 3.26. The molecule has 0 aliphatic heterocycles. The lowest BCUT2D eigenvalue weighted by molar-refractivity contribution is -0.116. The molecule has 0 bridgehead atoms. The van der Waals surface area contributed by atoms with Crippen LogP contribution in [0.3, 0.4) is 0 Å². The Hall–Kier alpha value is -2.35. The van der Waals surface area contributed by atoms with Gasteiger partial charge in [0.25, 0.3) is 5.91 Å². The Morgan fingerprint density at radius 1 is 1.32 bits per heavy atom. The third-order valence-electron chi connectivity index (χ3n) is 3.93. The van der Waals surface area contributed by atoms with Crippen LogP contribution in [0.5, 0.6) is 0 Å². The molecule has 0 spiro atoms. The van der Waals surface area contributed by atoms with E-state index < -0.39 is 0 Å². The largest absolute Gasteiger partial charge is 0.404 e.